The molecule has 1 heterocycles. The number of rotatable bonds is 4. The number of carbonyl (C=O) groups excluding carboxylic acids is 2. The van der Waals surface area contributed by atoms with Gasteiger partial charge in [-0.05, 0) is 31.6 Å². The van der Waals surface area contributed by atoms with Crippen molar-refractivity contribution in [1.82, 2.24) is 4.90 Å². The number of carbonyl (C=O) groups is 2. The van der Waals surface area contributed by atoms with E-state index < -0.39 is 0 Å². The van der Waals surface area contributed by atoms with E-state index in [4.69, 9.17) is 4.74 Å². The van der Waals surface area contributed by atoms with Crippen molar-refractivity contribution in [3.05, 3.63) is 0 Å². The highest BCUT2D eigenvalue weighted by Crippen LogP contribution is 2.20. The first-order chi connectivity index (χ1) is 8.06. The van der Waals surface area contributed by atoms with Crippen LogP contribution >= 0.6 is 0 Å². The standard InChI is InChI=1S/C13H23NO3/c1-10(2)7-8-12(15)14-9-5-4-6-11(14)13(16)17-3/h10-11H,4-9H2,1-3H3/t11-/m1/s1. The SMILES string of the molecule is COC(=O)[C@H]1CCCCN1C(=O)CCC(C)C. The molecule has 0 aliphatic carbocycles. The van der Waals surface area contributed by atoms with Crippen molar-refractivity contribution >= 4 is 11.9 Å². The van der Waals surface area contributed by atoms with E-state index in [1.54, 1.807) is 4.90 Å². The van der Waals surface area contributed by atoms with Crippen LogP contribution in [-0.4, -0.2) is 36.5 Å². The van der Waals surface area contributed by atoms with Gasteiger partial charge in [0.1, 0.15) is 6.04 Å². The minimum atomic E-state index is -0.353. The molecule has 0 N–H and O–H groups in total. The summed E-state index contributed by atoms with van der Waals surface area (Å²) in [6.07, 6.45) is 4.13. The van der Waals surface area contributed by atoms with E-state index in [0.29, 0.717) is 18.9 Å². The van der Waals surface area contributed by atoms with E-state index in [1.165, 1.54) is 7.11 Å². The maximum Gasteiger partial charge on any atom is 0.328 e. The molecule has 0 bridgehead atoms. The van der Waals surface area contributed by atoms with Crippen molar-refractivity contribution in [2.24, 2.45) is 5.92 Å². The summed E-state index contributed by atoms with van der Waals surface area (Å²) in [7, 11) is 1.38. The highest BCUT2D eigenvalue weighted by Gasteiger charge is 2.32. The van der Waals surface area contributed by atoms with Gasteiger partial charge in [-0.15, -0.1) is 0 Å². The number of piperidine rings is 1. The van der Waals surface area contributed by atoms with E-state index in [9.17, 15) is 9.59 Å². The van der Waals surface area contributed by atoms with Crippen LogP contribution < -0.4 is 0 Å². The summed E-state index contributed by atoms with van der Waals surface area (Å²) in [5, 5.41) is 0. The molecule has 4 nitrogen and oxygen atoms in total. The molecule has 1 aliphatic rings. The Hall–Kier alpha value is -1.06. The van der Waals surface area contributed by atoms with Gasteiger partial charge in [-0.3, -0.25) is 4.79 Å². The van der Waals surface area contributed by atoms with Gasteiger partial charge in [0.25, 0.3) is 0 Å². The maximum absolute atomic E-state index is 12.1. The summed E-state index contributed by atoms with van der Waals surface area (Å²) in [6.45, 7) is 4.89. The third-order valence-electron chi connectivity index (χ3n) is 3.23. The van der Waals surface area contributed by atoms with Gasteiger partial charge in [0.05, 0.1) is 7.11 Å². The highest BCUT2D eigenvalue weighted by atomic mass is 16.5. The van der Waals surface area contributed by atoms with Gasteiger partial charge >= 0.3 is 5.97 Å². The molecular formula is C13H23NO3. The minimum Gasteiger partial charge on any atom is -0.467 e. The van der Waals surface area contributed by atoms with Crippen LogP contribution in [0, 0.1) is 5.92 Å². The summed E-state index contributed by atoms with van der Waals surface area (Å²) >= 11 is 0. The number of esters is 1. The second kappa shape index (κ2) is 6.62. The van der Waals surface area contributed by atoms with Crippen LogP contribution in [-0.2, 0) is 14.3 Å². The molecular weight excluding hydrogens is 218 g/mol. The average Bonchev–Trinajstić information content (AvgIpc) is 2.34. The Morgan fingerprint density at radius 1 is 1.35 bits per heavy atom. The molecule has 4 heteroatoms. The van der Waals surface area contributed by atoms with Gasteiger partial charge in [-0.1, -0.05) is 13.8 Å². The molecule has 0 saturated carbocycles. The molecule has 1 saturated heterocycles. The quantitative estimate of drug-likeness (QED) is 0.707. The maximum atomic E-state index is 12.1. The molecule has 0 unspecified atom stereocenters. The van der Waals surface area contributed by atoms with Crippen LogP contribution in [0.1, 0.15) is 46.0 Å². The normalized spacial score (nSPS) is 20.5. The Bertz CT molecular complexity index is 276. The highest BCUT2D eigenvalue weighted by molar-refractivity contribution is 5.84. The largest absolute Gasteiger partial charge is 0.467 e. The minimum absolute atomic E-state index is 0.0915. The summed E-state index contributed by atoms with van der Waals surface area (Å²) in [5.74, 6) is 0.330. The first-order valence-electron chi connectivity index (χ1n) is 6.43. The Morgan fingerprint density at radius 2 is 2.06 bits per heavy atom. The van der Waals surface area contributed by atoms with Crippen molar-refractivity contribution in [2.45, 2.75) is 52.0 Å². The summed E-state index contributed by atoms with van der Waals surface area (Å²) < 4.78 is 4.76. The van der Waals surface area contributed by atoms with Gasteiger partial charge in [0.15, 0.2) is 0 Å². The molecule has 1 rings (SSSR count). The lowest BCUT2D eigenvalue weighted by molar-refractivity contribution is -0.154. The average molecular weight is 241 g/mol. The molecule has 1 fully saturated rings. The zero-order valence-electron chi connectivity index (χ0n) is 11.1. The number of ether oxygens (including phenoxy) is 1. The number of methoxy groups -OCH3 is 1. The van der Waals surface area contributed by atoms with Crippen LogP contribution in [0.2, 0.25) is 0 Å². The van der Waals surface area contributed by atoms with Crippen LogP contribution in [0.3, 0.4) is 0 Å². The molecule has 17 heavy (non-hydrogen) atoms. The summed E-state index contributed by atoms with van der Waals surface area (Å²) in [4.78, 5) is 25.4. The number of nitrogens with zero attached hydrogens (tertiary/aromatic N) is 1. The van der Waals surface area contributed by atoms with Gasteiger partial charge < -0.3 is 9.64 Å². The second-order valence-corrected chi connectivity index (χ2v) is 5.05. The second-order valence-electron chi connectivity index (χ2n) is 5.05. The molecule has 1 aliphatic heterocycles. The number of likely N-dealkylation sites (tertiary alicyclic amines) is 1. The van der Waals surface area contributed by atoms with Crippen LogP contribution in [0.5, 0.6) is 0 Å². The van der Waals surface area contributed by atoms with Crippen molar-refractivity contribution in [3.63, 3.8) is 0 Å². The lowest BCUT2D eigenvalue weighted by atomic mass is 10.0. The molecule has 1 atom stereocenters. The summed E-state index contributed by atoms with van der Waals surface area (Å²) in [6, 6.07) is -0.353. The third kappa shape index (κ3) is 4.02. The van der Waals surface area contributed by atoms with Gasteiger partial charge in [0.2, 0.25) is 5.91 Å². The Kier molecular flexibility index (Phi) is 5.45. The molecule has 98 valence electrons. The monoisotopic (exact) mass is 241 g/mol. The van der Waals surface area contributed by atoms with E-state index in [-0.39, 0.29) is 17.9 Å². The lowest BCUT2D eigenvalue weighted by Crippen LogP contribution is -2.48. The fourth-order valence-corrected chi connectivity index (χ4v) is 2.17. The predicted molar refractivity (Wildman–Crippen MR) is 65.4 cm³/mol. The van der Waals surface area contributed by atoms with Crippen molar-refractivity contribution in [1.29, 1.82) is 0 Å². The zero-order chi connectivity index (χ0) is 12.8. The number of hydrogen-bond acceptors (Lipinski definition) is 3. The molecule has 0 aromatic heterocycles. The Morgan fingerprint density at radius 3 is 2.65 bits per heavy atom. The van der Waals surface area contributed by atoms with E-state index in [0.717, 1.165) is 25.7 Å². The molecule has 0 aromatic rings. The van der Waals surface area contributed by atoms with Gasteiger partial charge in [-0.25, -0.2) is 4.79 Å². The van der Waals surface area contributed by atoms with Gasteiger partial charge in [0, 0.05) is 13.0 Å². The summed E-state index contributed by atoms with van der Waals surface area (Å²) in [5.41, 5.74) is 0. The zero-order valence-corrected chi connectivity index (χ0v) is 11.1. The fraction of sp³-hybridized carbons (Fsp3) is 0.846. The van der Waals surface area contributed by atoms with E-state index in [2.05, 4.69) is 13.8 Å². The van der Waals surface area contributed by atoms with Gasteiger partial charge in [-0.2, -0.15) is 0 Å². The van der Waals surface area contributed by atoms with Crippen molar-refractivity contribution in [2.75, 3.05) is 13.7 Å². The lowest BCUT2D eigenvalue weighted by Gasteiger charge is -2.34. The first kappa shape index (κ1) is 14.0. The topological polar surface area (TPSA) is 46.6 Å². The van der Waals surface area contributed by atoms with E-state index >= 15 is 0 Å². The Balaban J connectivity index is 2.58. The predicted octanol–water partition coefficient (Wildman–Crippen LogP) is 1.98. The van der Waals surface area contributed by atoms with Crippen LogP contribution in [0.4, 0.5) is 0 Å². The number of amides is 1. The molecule has 0 radical (unpaired) electrons. The molecule has 0 aromatic carbocycles. The van der Waals surface area contributed by atoms with Crippen LogP contribution in [0.15, 0.2) is 0 Å². The Labute approximate surface area is 103 Å². The molecule has 1 amide bonds. The van der Waals surface area contributed by atoms with Crippen LogP contribution in [0.25, 0.3) is 0 Å². The third-order valence-corrected chi connectivity index (χ3v) is 3.23. The first-order valence-corrected chi connectivity index (χ1v) is 6.43. The van der Waals surface area contributed by atoms with Crippen molar-refractivity contribution < 1.29 is 14.3 Å². The smallest absolute Gasteiger partial charge is 0.328 e. The van der Waals surface area contributed by atoms with Crippen molar-refractivity contribution in [3.8, 4) is 0 Å². The van der Waals surface area contributed by atoms with E-state index in [1.807, 2.05) is 0 Å². The number of hydrogen-bond donors (Lipinski definition) is 0. The molecule has 0 spiro atoms. The fourth-order valence-electron chi connectivity index (χ4n) is 2.17.